The molecule has 0 saturated carbocycles. The van der Waals surface area contributed by atoms with Gasteiger partial charge in [-0.2, -0.15) is 4.72 Å². The Kier molecular flexibility index (Phi) is 8.17. The number of ether oxygens (including phenoxy) is 2. The maximum atomic E-state index is 12.2. The third-order valence-electron chi connectivity index (χ3n) is 3.86. The Bertz CT molecular complexity index is 924. The molecule has 0 heterocycles. The summed E-state index contributed by atoms with van der Waals surface area (Å²) in [7, 11) is -3.89. The Hall–Kier alpha value is -2.91. The topological polar surface area (TPSA) is 111 Å². The lowest BCUT2D eigenvalue weighted by Gasteiger charge is -2.09. The van der Waals surface area contributed by atoms with Gasteiger partial charge in [-0.3, -0.25) is 9.59 Å². The number of benzene rings is 2. The largest absolute Gasteiger partial charge is 0.494 e. The van der Waals surface area contributed by atoms with Crippen molar-refractivity contribution in [2.75, 3.05) is 25.1 Å². The van der Waals surface area contributed by atoms with Gasteiger partial charge in [0, 0.05) is 5.69 Å². The van der Waals surface area contributed by atoms with Crippen LogP contribution in [0.3, 0.4) is 0 Å². The molecule has 0 radical (unpaired) electrons. The molecule has 9 heteroatoms. The first-order valence-corrected chi connectivity index (χ1v) is 10.6. The third kappa shape index (κ3) is 7.20. The van der Waals surface area contributed by atoms with Gasteiger partial charge in [0.2, 0.25) is 10.0 Å². The van der Waals surface area contributed by atoms with Gasteiger partial charge in [0.05, 0.1) is 11.5 Å². The van der Waals surface area contributed by atoms with Crippen LogP contribution >= 0.6 is 0 Å². The van der Waals surface area contributed by atoms with Crippen LogP contribution in [0.5, 0.6) is 5.75 Å². The monoisotopic (exact) mass is 420 g/mol. The second kappa shape index (κ2) is 10.6. The number of rotatable bonds is 10. The van der Waals surface area contributed by atoms with Crippen LogP contribution in [0.25, 0.3) is 0 Å². The van der Waals surface area contributed by atoms with Crippen molar-refractivity contribution in [3.63, 3.8) is 0 Å². The summed E-state index contributed by atoms with van der Waals surface area (Å²) in [5.41, 5.74) is 1.72. The molecule has 1 amide bonds. The van der Waals surface area contributed by atoms with Gasteiger partial charge < -0.3 is 14.8 Å². The zero-order valence-electron chi connectivity index (χ0n) is 16.3. The SMILES string of the molecule is CCOc1ccc(S(=O)(=O)NCC(=O)OCC(=O)Nc2ccc(CC)cc2)cc1. The Balaban J connectivity index is 1.78. The van der Waals surface area contributed by atoms with Crippen LogP contribution in [0.2, 0.25) is 0 Å². The van der Waals surface area contributed by atoms with Crippen molar-refractivity contribution < 1.29 is 27.5 Å². The van der Waals surface area contributed by atoms with Gasteiger partial charge in [-0.05, 0) is 55.3 Å². The van der Waals surface area contributed by atoms with Gasteiger partial charge >= 0.3 is 5.97 Å². The van der Waals surface area contributed by atoms with Crippen LogP contribution in [-0.4, -0.2) is 40.1 Å². The summed E-state index contributed by atoms with van der Waals surface area (Å²) in [6.07, 6.45) is 0.887. The van der Waals surface area contributed by atoms with Crippen molar-refractivity contribution in [1.29, 1.82) is 0 Å². The number of amides is 1. The van der Waals surface area contributed by atoms with Gasteiger partial charge in [0.1, 0.15) is 12.3 Å². The number of hydrogen-bond acceptors (Lipinski definition) is 6. The Morgan fingerprint density at radius 1 is 0.966 bits per heavy atom. The predicted octanol–water partition coefficient (Wildman–Crippen LogP) is 2.11. The minimum atomic E-state index is -3.89. The summed E-state index contributed by atoms with van der Waals surface area (Å²) in [4.78, 5) is 23.6. The number of sulfonamides is 1. The number of nitrogens with one attached hydrogen (secondary N) is 2. The van der Waals surface area contributed by atoms with E-state index < -0.39 is 35.1 Å². The van der Waals surface area contributed by atoms with Crippen molar-refractivity contribution in [2.24, 2.45) is 0 Å². The van der Waals surface area contributed by atoms with Crippen LogP contribution in [0.1, 0.15) is 19.4 Å². The molecule has 2 rings (SSSR count). The fourth-order valence-corrected chi connectivity index (χ4v) is 3.31. The van der Waals surface area contributed by atoms with Crippen LogP contribution in [0.4, 0.5) is 5.69 Å². The highest BCUT2D eigenvalue weighted by Crippen LogP contribution is 2.15. The first-order chi connectivity index (χ1) is 13.8. The summed E-state index contributed by atoms with van der Waals surface area (Å²) >= 11 is 0. The summed E-state index contributed by atoms with van der Waals surface area (Å²) in [6.45, 7) is 3.21. The zero-order valence-corrected chi connectivity index (χ0v) is 17.1. The second-order valence-corrected chi connectivity index (χ2v) is 7.76. The molecule has 0 aliphatic carbocycles. The maximum Gasteiger partial charge on any atom is 0.321 e. The highest BCUT2D eigenvalue weighted by atomic mass is 32.2. The predicted molar refractivity (Wildman–Crippen MR) is 108 cm³/mol. The first-order valence-electron chi connectivity index (χ1n) is 9.11. The molecule has 8 nitrogen and oxygen atoms in total. The Morgan fingerprint density at radius 3 is 2.21 bits per heavy atom. The molecule has 0 aromatic heterocycles. The fourth-order valence-electron chi connectivity index (χ4n) is 2.34. The fraction of sp³-hybridized carbons (Fsp3) is 0.300. The normalized spacial score (nSPS) is 11.0. The Labute approximate surface area is 170 Å². The van der Waals surface area contributed by atoms with Crippen molar-refractivity contribution in [3.05, 3.63) is 54.1 Å². The lowest BCUT2D eigenvalue weighted by molar-refractivity contribution is -0.146. The second-order valence-electron chi connectivity index (χ2n) is 5.99. The molecule has 2 aromatic rings. The van der Waals surface area contributed by atoms with Gasteiger partial charge in [-0.15, -0.1) is 0 Å². The van der Waals surface area contributed by atoms with E-state index >= 15 is 0 Å². The molecule has 2 aromatic carbocycles. The van der Waals surface area contributed by atoms with Crippen LogP contribution in [0, 0.1) is 0 Å². The van der Waals surface area contributed by atoms with Crippen LogP contribution < -0.4 is 14.8 Å². The lowest BCUT2D eigenvalue weighted by atomic mass is 10.1. The molecule has 0 aliphatic rings. The van der Waals surface area contributed by atoms with Gasteiger partial charge in [-0.1, -0.05) is 19.1 Å². The van der Waals surface area contributed by atoms with Crippen molar-refractivity contribution in [3.8, 4) is 5.75 Å². The number of aryl methyl sites for hydroxylation is 1. The van der Waals surface area contributed by atoms with Gasteiger partial charge in [0.15, 0.2) is 6.61 Å². The highest BCUT2D eigenvalue weighted by molar-refractivity contribution is 7.89. The average molecular weight is 420 g/mol. The number of carbonyl (C=O) groups is 2. The molecule has 0 saturated heterocycles. The molecule has 29 heavy (non-hydrogen) atoms. The standard InChI is InChI=1S/C20H24N2O6S/c1-3-15-5-7-16(8-6-15)22-19(23)14-28-20(24)13-21-29(25,26)18-11-9-17(10-12-18)27-4-2/h5-12,21H,3-4,13-14H2,1-2H3,(H,22,23). The van der Waals surface area contributed by atoms with E-state index in [9.17, 15) is 18.0 Å². The number of anilines is 1. The van der Waals surface area contributed by atoms with Crippen LogP contribution in [-0.2, 0) is 30.8 Å². The summed E-state index contributed by atoms with van der Waals surface area (Å²) < 4.78 is 36.6. The molecule has 0 spiro atoms. The van der Waals surface area contributed by atoms with Crippen LogP contribution in [0.15, 0.2) is 53.4 Å². The molecular formula is C20H24N2O6S. The summed E-state index contributed by atoms with van der Waals surface area (Å²) in [5.74, 6) is -0.839. The molecule has 156 valence electrons. The minimum Gasteiger partial charge on any atom is -0.494 e. The minimum absolute atomic E-state index is 0.0120. The summed E-state index contributed by atoms with van der Waals surface area (Å²) in [6, 6.07) is 13.1. The van der Waals surface area contributed by atoms with Crippen molar-refractivity contribution >= 4 is 27.6 Å². The third-order valence-corrected chi connectivity index (χ3v) is 5.28. The molecule has 2 N–H and O–H groups in total. The van der Waals surface area contributed by atoms with Gasteiger partial charge in [0.25, 0.3) is 5.91 Å². The number of carbonyl (C=O) groups excluding carboxylic acids is 2. The molecule has 0 bridgehead atoms. The molecular weight excluding hydrogens is 396 g/mol. The zero-order chi connectivity index (χ0) is 21.3. The lowest BCUT2D eigenvalue weighted by Crippen LogP contribution is -2.32. The van der Waals surface area contributed by atoms with E-state index in [1.807, 2.05) is 26.0 Å². The Morgan fingerprint density at radius 2 is 1.62 bits per heavy atom. The van der Waals surface area contributed by atoms with E-state index in [1.54, 1.807) is 12.1 Å². The van der Waals surface area contributed by atoms with Crippen molar-refractivity contribution in [2.45, 2.75) is 25.2 Å². The summed E-state index contributed by atoms with van der Waals surface area (Å²) in [5, 5.41) is 2.60. The van der Waals surface area contributed by atoms with E-state index in [1.165, 1.54) is 24.3 Å². The van der Waals surface area contributed by atoms with E-state index in [4.69, 9.17) is 9.47 Å². The average Bonchev–Trinajstić information content (AvgIpc) is 2.72. The smallest absolute Gasteiger partial charge is 0.321 e. The maximum absolute atomic E-state index is 12.2. The van der Waals surface area contributed by atoms with E-state index in [2.05, 4.69) is 10.0 Å². The van der Waals surface area contributed by atoms with E-state index in [0.29, 0.717) is 18.0 Å². The van der Waals surface area contributed by atoms with E-state index in [-0.39, 0.29) is 4.90 Å². The van der Waals surface area contributed by atoms with E-state index in [0.717, 1.165) is 12.0 Å². The van der Waals surface area contributed by atoms with Crippen molar-refractivity contribution in [1.82, 2.24) is 4.72 Å². The molecule has 0 atom stereocenters. The molecule has 0 fully saturated rings. The molecule has 0 unspecified atom stereocenters. The molecule has 0 aliphatic heterocycles. The number of esters is 1. The first kappa shape index (κ1) is 22.4. The van der Waals surface area contributed by atoms with Gasteiger partial charge in [-0.25, -0.2) is 8.42 Å². The quantitative estimate of drug-likeness (QED) is 0.570. The highest BCUT2D eigenvalue weighted by Gasteiger charge is 2.17. The number of hydrogen-bond donors (Lipinski definition) is 2.